The molecular weight excluding hydrogens is 322 g/mol. The van der Waals surface area contributed by atoms with Gasteiger partial charge in [-0.3, -0.25) is 4.99 Å². The van der Waals surface area contributed by atoms with Crippen molar-refractivity contribution in [3.05, 3.63) is 46.4 Å². The number of phenolic OH excluding ortho intramolecular Hbond substituents is 1. The second-order valence-electron chi connectivity index (χ2n) is 4.27. The summed E-state index contributed by atoms with van der Waals surface area (Å²) in [5.41, 5.74) is 1.39. The van der Waals surface area contributed by atoms with Crippen molar-refractivity contribution in [3.63, 3.8) is 0 Å². The third kappa shape index (κ3) is 2.63. The molecule has 0 bridgehead atoms. The summed E-state index contributed by atoms with van der Waals surface area (Å²) in [5, 5.41) is 9.69. The molecule has 0 saturated heterocycles. The van der Waals surface area contributed by atoms with E-state index in [2.05, 4.69) is 20.9 Å². The van der Waals surface area contributed by atoms with Gasteiger partial charge in [0.2, 0.25) is 0 Å². The highest BCUT2D eigenvalue weighted by atomic mass is 79.9. The van der Waals surface area contributed by atoms with Crippen LogP contribution in [0.4, 0.5) is 5.69 Å². The molecule has 0 radical (unpaired) electrons. The number of fused-ring (bicyclic) bond motifs is 1. The van der Waals surface area contributed by atoms with Gasteiger partial charge in [0.25, 0.3) is 0 Å². The Morgan fingerprint density at radius 1 is 1.15 bits per heavy atom. The standard InChI is InChI=1S/C15H12BrNO3/c16-12-7-11(8-14-15(12)20-6-5-19-14)17-9-10-3-1-2-4-13(10)18/h1-4,7-9,18H,5-6H2. The van der Waals surface area contributed by atoms with E-state index in [1.165, 1.54) is 0 Å². The zero-order valence-electron chi connectivity index (χ0n) is 10.5. The first kappa shape index (κ1) is 13.0. The molecule has 0 aromatic heterocycles. The van der Waals surface area contributed by atoms with Gasteiger partial charge in [-0.1, -0.05) is 12.1 Å². The number of para-hydroxylation sites is 1. The number of nitrogens with zero attached hydrogens (tertiary/aromatic N) is 1. The van der Waals surface area contributed by atoms with Crippen LogP contribution in [-0.4, -0.2) is 24.5 Å². The van der Waals surface area contributed by atoms with Crippen LogP contribution >= 0.6 is 15.9 Å². The lowest BCUT2D eigenvalue weighted by atomic mass is 10.2. The minimum absolute atomic E-state index is 0.202. The lowest BCUT2D eigenvalue weighted by molar-refractivity contribution is 0.170. The van der Waals surface area contributed by atoms with Gasteiger partial charge in [0.05, 0.1) is 10.2 Å². The molecule has 102 valence electrons. The largest absolute Gasteiger partial charge is 0.507 e. The van der Waals surface area contributed by atoms with Crippen LogP contribution in [0.2, 0.25) is 0 Å². The average Bonchev–Trinajstić information content (AvgIpc) is 2.46. The van der Waals surface area contributed by atoms with Crippen LogP contribution < -0.4 is 9.47 Å². The summed E-state index contributed by atoms with van der Waals surface area (Å²) < 4.78 is 11.9. The quantitative estimate of drug-likeness (QED) is 0.853. The average molecular weight is 334 g/mol. The van der Waals surface area contributed by atoms with Crippen molar-refractivity contribution in [3.8, 4) is 17.2 Å². The molecule has 5 heteroatoms. The van der Waals surface area contributed by atoms with Crippen molar-refractivity contribution in [2.45, 2.75) is 0 Å². The molecule has 0 spiro atoms. The number of benzene rings is 2. The Morgan fingerprint density at radius 3 is 2.80 bits per heavy atom. The number of hydrogen-bond donors (Lipinski definition) is 1. The molecule has 2 aromatic rings. The van der Waals surface area contributed by atoms with Crippen molar-refractivity contribution in [1.29, 1.82) is 0 Å². The lowest BCUT2D eigenvalue weighted by Gasteiger charge is -2.19. The zero-order chi connectivity index (χ0) is 13.9. The van der Waals surface area contributed by atoms with Crippen molar-refractivity contribution >= 4 is 27.8 Å². The summed E-state index contributed by atoms with van der Waals surface area (Å²) in [7, 11) is 0. The number of rotatable bonds is 2. The van der Waals surface area contributed by atoms with Crippen LogP contribution in [-0.2, 0) is 0 Å². The number of aromatic hydroxyl groups is 1. The predicted octanol–water partition coefficient (Wildman–Crippen LogP) is 3.68. The molecule has 20 heavy (non-hydrogen) atoms. The molecule has 1 aliphatic rings. The second-order valence-corrected chi connectivity index (χ2v) is 5.12. The Kier molecular flexibility index (Phi) is 3.60. The van der Waals surface area contributed by atoms with Crippen molar-refractivity contribution in [2.24, 2.45) is 4.99 Å². The summed E-state index contributed by atoms with van der Waals surface area (Å²) in [6.45, 7) is 1.08. The van der Waals surface area contributed by atoms with Crippen LogP contribution in [0.15, 0.2) is 45.9 Å². The fraction of sp³-hybridized carbons (Fsp3) is 0.133. The maximum Gasteiger partial charge on any atom is 0.175 e. The second kappa shape index (κ2) is 5.54. The Hall–Kier alpha value is -2.01. The van der Waals surface area contributed by atoms with Gasteiger partial charge in [-0.2, -0.15) is 0 Å². The molecule has 0 unspecified atom stereocenters. The molecule has 2 aromatic carbocycles. The Morgan fingerprint density at radius 2 is 1.95 bits per heavy atom. The van der Waals surface area contributed by atoms with E-state index in [0.717, 1.165) is 10.2 Å². The van der Waals surface area contributed by atoms with E-state index >= 15 is 0 Å². The van der Waals surface area contributed by atoms with Gasteiger partial charge in [-0.25, -0.2) is 0 Å². The fourth-order valence-corrected chi connectivity index (χ4v) is 2.46. The van der Waals surface area contributed by atoms with Crippen molar-refractivity contribution < 1.29 is 14.6 Å². The van der Waals surface area contributed by atoms with Gasteiger partial charge >= 0.3 is 0 Å². The minimum Gasteiger partial charge on any atom is -0.507 e. The van der Waals surface area contributed by atoms with Crippen LogP contribution in [0.3, 0.4) is 0 Å². The van der Waals surface area contributed by atoms with Gasteiger partial charge in [0.15, 0.2) is 11.5 Å². The number of phenols is 1. The molecule has 1 N–H and O–H groups in total. The Labute approximate surface area is 124 Å². The Bertz CT molecular complexity index is 670. The normalized spacial score (nSPS) is 13.7. The number of ether oxygens (including phenoxy) is 2. The third-order valence-corrected chi connectivity index (χ3v) is 3.46. The first-order chi connectivity index (χ1) is 9.74. The van der Waals surface area contributed by atoms with E-state index in [1.54, 1.807) is 24.4 Å². The molecule has 0 atom stereocenters. The molecule has 0 fully saturated rings. The minimum atomic E-state index is 0.202. The van der Waals surface area contributed by atoms with E-state index in [0.29, 0.717) is 30.3 Å². The molecule has 3 rings (SSSR count). The predicted molar refractivity (Wildman–Crippen MR) is 80.5 cm³/mol. The first-order valence-corrected chi connectivity index (χ1v) is 6.94. The van der Waals surface area contributed by atoms with Gasteiger partial charge in [-0.15, -0.1) is 0 Å². The van der Waals surface area contributed by atoms with E-state index in [-0.39, 0.29) is 5.75 Å². The van der Waals surface area contributed by atoms with Crippen LogP contribution in [0, 0.1) is 0 Å². The third-order valence-electron chi connectivity index (χ3n) is 2.87. The summed E-state index contributed by atoms with van der Waals surface area (Å²) in [5.74, 6) is 1.58. The summed E-state index contributed by atoms with van der Waals surface area (Å²) >= 11 is 3.45. The number of aliphatic imine (C=N–C) groups is 1. The van der Waals surface area contributed by atoms with Gasteiger partial charge < -0.3 is 14.6 Å². The molecule has 4 nitrogen and oxygen atoms in total. The summed E-state index contributed by atoms with van der Waals surface area (Å²) in [6, 6.07) is 10.7. The van der Waals surface area contributed by atoms with E-state index < -0.39 is 0 Å². The van der Waals surface area contributed by atoms with E-state index in [4.69, 9.17) is 9.47 Å². The SMILES string of the molecule is Oc1ccccc1C=Nc1cc(Br)c2c(c1)OCCO2. The molecule has 0 saturated carbocycles. The van der Waals surface area contributed by atoms with Crippen LogP contribution in [0.25, 0.3) is 0 Å². The Balaban J connectivity index is 1.92. The lowest BCUT2D eigenvalue weighted by Crippen LogP contribution is -2.15. The molecule has 1 aliphatic heterocycles. The highest BCUT2D eigenvalue weighted by molar-refractivity contribution is 9.10. The maximum absolute atomic E-state index is 9.69. The summed E-state index contributed by atoms with van der Waals surface area (Å²) in [4.78, 5) is 4.36. The molecule has 1 heterocycles. The van der Waals surface area contributed by atoms with Crippen molar-refractivity contribution in [2.75, 3.05) is 13.2 Å². The first-order valence-electron chi connectivity index (χ1n) is 6.15. The van der Waals surface area contributed by atoms with Gasteiger partial charge in [-0.05, 0) is 34.1 Å². The fourth-order valence-electron chi connectivity index (χ4n) is 1.91. The summed E-state index contributed by atoms with van der Waals surface area (Å²) in [6.07, 6.45) is 1.62. The molecular formula is C15H12BrNO3. The molecule has 0 amide bonds. The smallest absolute Gasteiger partial charge is 0.175 e. The number of hydrogen-bond acceptors (Lipinski definition) is 4. The zero-order valence-corrected chi connectivity index (χ0v) is 12.1. The molecule has 0 aliphatic carbocycles. The monoisotopic (exact) mass is 333 g/mol. The van der Waals surface area contributed by atoms with Gasteiger partial charge in [0.1, 0.15) is 19.0 Å². The topological polar surface area (TPSA) is 51.1 Å². The van der Waals surface area contributed by atoms with E-state index in [1.807, 2.05) is 18.2 Å². The number of halogens is 1. The van der Waals surface area contributed by atoms with Crippen molar-refractivity contribution in [1.82, 2.24) is 0 Å². The maximum atomic E-state index is 9.69. The van der Waals surface area contributed by atoms with Crippen LogP contribution in [0.5, 0.6) is 17.2 Å². The van der Waals surface area contributed by atoms with Crippen LogP contribution in [0.1, 0.15) is 5.56 Å². The van der Waals surface area contributed by atoms with Gasteiger partial charge in [0, 0.05) is 17.8 Å². The van der Waals surface area contributed by atoms with E-state index in [9.17, 15) is 5.11 Å². The highest BCUT2D eigenvalue weighted by Gasteiger charge is 2.15. The highest BCUT2D eigenvalue weighted by Crippen LogP contribution is 2.40.